The molecule has 0 amide bonds. The van der Waals surface area contributed by atoms with E-state index in [1.807, 2.05) is 0 Å². The molecule has 2 aromatic rings. The monoisotopic (exact) mass is 327 g/mol. The lowest BCUT2D eigenvalue weighted by atomic mass is 10.3. The van der Waals surface area contributed by atoms with Crippen LogP contribution in [0.25, 0.3) is 0 Å². The van der Waals surface area contributed by atoms with Gasteiger partial charge < -0.3 is 5.73 Å². The van der Waals surface area contributed by atoms with Crippen LogP contribution in [0.1, 0.15) is 0 Å². The van der Waals surface area contributed by atoms with E-state index in [-0.39, 0.29) is 4.90 Å². The van der Waals surface area contributed by atoms with Crippen molar-refractivity contribution < 1.29 is 17.7 Å². The van der Waals surface area contributed by atoms with E-state index in [9.17, 15) is 8.42 Å². The molecule has 0 radical (unpaired) electrons. The van der Waals surface area contributed by atoms with Gasteiger partial charge in [-0.1, -0.05) is 12.1 Å². The molecule has 7 nitrogen and oxygen atoms in total. The van der Waals surface area contributed by atoms with Gasteiger partial charge in [0.25, 0.3) is 10.0 Å². The summed E-state index contributed by atoms with van der Waals surface area (Å²) < 4.78 is 31.6. The van der Waals surface area contributed by atoms with Crippen LogP contribution in [0.4, 0.5) is 11.4 Å². The molecule has 2 aromatic carbocycles. The average Bonchev–Trinajstić information content (AvgIpc) is 2.46. The van der Waals surface area contributed by atoms with Gasteiger partial charge in [-0.2, -0.15) is 5.90 Å². The summed E-state index contributed by atoms with van der Waals surface area (Å²) in [5.74, 6) is 4.77. The maximum absolute atomic E-state index is 12.3. The summed E-state index contributed by atoms with van der Waals surface area (Å²) in [7, 11) is -3.72. The van der Waals surface area contributed by atoms with Gasteiger partial charge in [0.05, 0.1) is 27.5 Å². The Kier molecular flexibility index (Phi) is 5.04. The van der Waals surface area contributed by atoms with Crippen molar-refractivity contribution in [3.63, 3.8) is 0 Å². The Morgan fingerprint density at radius 1 is 1.05 bits per heavy atom. The maximum atomic E-state index is 12.3. The van der Waals surface area contributed by atoms with Crippen molar-refractivity contribution in [3.8, 4) is 0 Å². The number of benzene rings is 2. The van der Waals surface area contributed by atoms with Crippen molar-refractivity contribution in [2.45, 2.75) is 9.79 Å². The van der Waals surface area contributed by atoms with Gasteiger partial charge in [-0.15, -0.1) is 9.32 Å². The Morgan fingerprint density at radius 2 is 1.71 bits per heavy atom. The second-order valence-electron chi connectivity index (χ2n) is 3.92. The quantitative estimate of drug-likeness (QED) is 0.321. The molecule has 9 heteroatoms. The molecule has 0 bridgehead atoms. The number of nitrogen functional groups attached to an aromatic ring is 1. The number of anilines is 2. The van der Waals surface area contributed by atoms with E-state index in [0.717, 1.165) is 12.0 Å². The Hall–Kier alpha value is -1.78. The topological polar surface area (TPSA) is 117 Å². The molecule has 5 N–H and O–H groups in total. The van der Waals surface area contributed by atoms with E-state index in [2.05, 4.69) is 14.0 Å². The highest BCUT2D eigenvalue weighted by molar-refractivity contribution is 7.95. The van der Waals surface area contributed by atoms with Crippen molar-refractivity contribution in [2.75, 3.05) is 10.5 Å². The number of sulfonamides is 1. The van der Waals surface area contributed by atoms with Gasteiger partial charge in [-0.3, -0.25) is 4.72 Å². The summed E-state index contributed by atoms with van der Waals surface area (Å²) in [6.07, 6.45) is 0. The van der Waals surface area contributed by atoms with Crippen LogP contribution in [0.15, 0.2) is 58.3 Å². The van der Waals surface area contributed by atoms with E-state index in [0.29, 0.717) is 16.3 Å². The third-order valence-corrected chi connectivity index (χ3v) is 4.55. The van der Waals surface area contributed by atoms with Crippen molar-refractivity contribution in [1.82, 2.24) is 0 Å². The lowest BCUT2D eigenvalue weighted by Gasteiger charge is -2.11. The fourth-order valence-corrected chi connectivity index (χ4v) is 3.13. The molecular formula is C12H13N3O4S2. The molecule has 0 aromatic heterocycles. The fourth-order valence-electron chi connectivity index (χ4n) is 1.53. The van der Waals surface area contributed by atoms with Crippen molar-refractivity contribution in [3.05, 3.63) is 48.5 Å². The summed E-state index contributed by atoms with van der Waals surface area (Å²) in [6, 6.07) is 12.5. The van der Waals surface area contributed by atoms with E-state index in [1.54, 1.807) is 24.3 Å². The van der Waals surface area contributed by atoms with Gasteiger partial charge in [0.2, 0.25) is 0 Å². The van der Waals surface area contributed by atoms with E-state index in [1.165, 1.54) is 24.3 Å². The minimum Gasteiger partial charge on any atom is -0.399 e. The second-order valence-corrected chi connectivity index (χ2v) is 6.34. The zero-order valence-corrected chi connectivity index (χ0v) is 12.4. The number of para-hydroxylation sites is 1. The Balaban J connectivity index is 2.26. The summed E-state index contributed by atoms with van der Waals surface area (Å²) in [6.45, 7) is 0. The summed E-state index contributed by atoms with van der Waals surface area (Å²) in [5.41, 5.74) is 6.37. The number of nitrogens with one attached hydrogen (secondary N) is 1. The standard InChI is InChI=1S/C12H13N3O4S2/c13-9-5-7-10(8-6-9)21(16,17)15-11-3-1-2-4-12(11)20-19-18-14/h1-8,15H,13-14H2. The third kappa shape index (κ3) is 4.09. The Morgan fingerprint density at radius 3 is 2.38 bits per heavy atom. The number of nitrogens with two attached hydrogens (primary N) is 2. The lowest BCUT2D eigenvalue weighted by molar-refractivity contribution is -0.195. The summed E-state index contributed by atoms with van der Waals surface area (Å²) in [4.78, 5) is 4.61. The number of rotatable bonds is 6. The number of hydrogen-bond acceptors (Lipinski definition) is 7. The van der Waals surface area contributed by atoms with Crippen molar-refractivity contribution >= 4 is 33.4 Å². The minimum absolute atomic E-state index is 0.104. The van der Waals surface area contributed by atoms with Gasteiger partial charge in [0.15, 0.2) is 0 Å². The van der Waals surface area contributed by atoms with Crippen LogP contribution in [0.5, 0.6) is 0 Å². The zero-order valence-electron chi connectivity index (χ0n) is 10.7. The molecule has 21 heavy (non-hydrogen) atoms. The smallest absolute Gasteiger partial charge is 0.261 e. The summed E-state index contributed by atoms with van der Waals surface area (Å²) in [5, 5.41) is 0. The van der Waals surface area contributed by atoms with Gasteiger partial charge >= 0.3 is 0 Å². The first-order valence-electron chi connectivity index (χ1n) is 5.70. The fraction of sp³-hybridized carbons (Fsp3) is 0. The predicted molar refractivity (Wildman–Crippen MR) is 80.3 cm³/mol. The molecule has 112 valence electrons. The van der Waals surface area contributed by atoms with Gasteiger partial charge in [-0.25, -0.2) is 8.42 Å². The Bertz CT molecular complexity index is 705. The first-order valence-corrected chi connectivity index (χ1v) is 7.93. The van der Waals surface area contributed by atoms with Crippen LogP contribution < -0.4 is 16.4 Å². The number of hydrogen-bond donors (Lipinski definition) is 3. The molecule has 0 aliphatic heterocycles. The van der Waals surface area contributed by atoms with Gasteiger partial charge in [-0.05, 0) is 36.4 Å². The maximum Gasteiger partial charge on any atom is 0.261 e. The predicted octanol–water partition coefficient (Wildman–Crippen LogP) is 1.90. The van der Waals surface area contributed by atoms with Crippen LogP contribution in [0.3, 0.4) is 0 Å². The zero-order chi connectivity index (χ0) is 15.3. The van der Waals surface area contributed by atoms with Crippen LogP contribution in [-0.4, -0.2) is 8.42 Å². The molecule has 0 atom stereocenters. The van der Waals surface area contributed by atoms with E-state index < -0.39 is 10.0 Å². The molecule has 0 aliphatic carbocycles. The van der Waals surface area contributed by atoms with Crippen molar-refractivity contribution in [1.29, 1.82) is 0 Å². The molecule has 2 rings (SSSR count). The summed E-state index contributed by atoms with van der Waals surface area (Å²) >= 11 is 0.791. The van der Waals surface area contributed by atoms with Crippen LogP contribution in [0.2, 0.25) is 0 Å². The highest BCUT2D eigenvalue weighted by Crippen LogP contribution is 2.29. The van der Waals surface area contributed by atoms with Gasteiger partial charge in [0.1, 0.15) is 0 Å². The molecule has 0 fully saturated rings. The van der Waals surface area contributed by atoms with Crippen molar-refractivity contribution in [2.24, 2.45) is 5.90 Å². The van der Waals surface area contributed by atoms with E-state index in [4.69, 9.17) is 11.6 Å². The molecule has 0 spiro atoms. The van der Waals surface area contributed by atoms with E-state index >= 15 is 0 Å². The lowest BCUT2D eigenvalue weighted by Crippen LogP contribution is -2.13. The van der Waals surface area contributed by atoms with Crippen LogP contribution in [-0.2, 0) is 19.3 Å². The van der Waals surface area contributed by atoms with Crippen LogP contribution in [0, 0.1) is 0 Å². The molecule has 0 heterocycles. The third-order valence-electron chi connectivity index (χ3n) is 2.48. The minimum atomic E-state index is -3.72. The molecule has 0 saturated heterocycles. The average molecular weight is 327 g/mol. The van der Waals surface area contributed by atoms with Crippen LogP contribution >= 0.6 is 12.0 Å². The molecule has 0 unspecified atom stereocenters. The van der Waals surface area contributed by atoms with Gasteiger partial charge in [0, 0.05) is 5.69 Å². The largest absolute Gasteiger partial charge is 0.399 e. The normalized spacial score (nSPS) is 11.3. The highest BCUT2D eigenvalue weighted by Gasteiger charge is 2.16. The molecule has 0 aliphatic rings. The molecular weight excluding hydrogens is 314 g/mol. The molecule has 0 saturated carbocycles. The first kappa shape index (κ1) is 15.6. The first-order chi connectivity index (χ1) is 10.0. The second kappa shape index (κ2) is 6.78. The highest BCUT2D eigenvalue weighted by atomic mass is 32.2. The Labute approximate surface area is 126 Å². The SMILES string of the molecule is NOOSc1ccccc1NS(=O)(=O)c1ccc(N)cc1.